The molecule has 0 radical (unpaired) electrons. The zero-order valence-corrected chi connectivity index (χ0v) is 17.1. The first-order valence-corrected chi connectivity index (χ1v) is 9.75. The number of hydrogen-bond donors (Lipinski definition) is 0. The summed E-state index contributed by atoms with van der Waals surface area (Å²) in [5, 5.41) is 0. The van der Waals surface area contributed by atoms with Gasteiger partial charge in [-0.1, -0.05) is 12.1 Å². The first-order valence-electron chi connectivity index (χ1n) is 9.75. The highest BCUT2D eigenvalue weighted by atomic mass is 16.5. The number of benzene rings is 3. The lowest BCUT2D eigenvalue weighted by Crippen LogP contribution is -2.08. The number of carbonyl (C=O) groups is 2. The van der Waals surface area contributed by atoms with Crippen molar-refractivity contribution in [2.75, 3.05) is 13.7 Å². The van der Waals surface area contributed by atoms with E-state index in [1.54, 1.807) is 49.6 Å². The van der Waals surface area contributed by atoms with Crippen molar-refractivity contribution in [1.29, 1.82) is 0 Å². The second-order valence-electron chi connectivity index (χ2n) is 6.72. The van der Waals surface area contributed by atoms with Crippen molar-refractivity contribution in [3.05, 3.63) is 89.2 Å². The number of fused-ring (bicyclic) bond motifs is 1. The molecule has 156 valence electrons. The molecule has 31 heavy (non-hydrogen) atoms. The average molecular weight is 416 g/mol. The van der Waals surface area contributed by atoms with Gasteiger partial charge in [0.2, 0.25) is 5.78 Å². The molecule has 0 atom stereocenters. The average Bonchev–Trinajstić information content (AvgIpc) is 3.10. The minimum Gasteiger partial charge on any atom is -0.497 e. The highest BCUT2D eigenvalue weighted by molar-refractivity contribution is 6.14. The summed E-state index contributed by atoms with van der Waals surface area (Å²) in [6.45, 7) is 2.50. The van der Waals surface area contributed by atoms with Crippen molar-refractivity contribution < 1.29 is 28.5 Å². The Kier molecular flexibility index (Phi) is 5.71. The highest BCUT2D eigenvalue weighted by Crippen LogP contribution is 2.35. The van der Waals surface area contributed by atoms with E-state index in [-0.39, 0.29) is 17.3 Å². The lowest BCUT2D eigenvalue weighted by Gasteiger charge is -2.06. The topological polar surface area (TPSA) is 71.1 Å². The number of ketones is 1. The molecule has 1 aliphatic rings. The van der Waals surface area contributed by atoms with Crippen LogP contribution >= 0.6 is 0 Å². The van der Waals surface area contributed by atoms with Gasteiger partial charge in [-0.05, 0) is 67.1 Å². The molecule has 0 saturated heterocycles. The molecule has 0 fully saturated rings. The molecular weight excluding hydrogens is 396 g/mol. The van der Waals surface area contributed by atoms with E-state index in [1.807, 2.05) is 31.2 Å². The summed E-state index contributed by atoms with van der Waals surface area (Å²) in [6.07, 6.45) is 1.67. The number of allylic oxidation sites excluding steroid dienone is 1. The summed E-state index contributed by atoms with van der Waals surface area (Å²) >= 11 is 0. The molecule has 0 unspecified atom stereocenters. The van der Waals surface area contributed by atoms with Gasteiger partial charge < -0.3 is 18.9 Å². The molecule has 4 rings (SSSR count). The Morgan fingerprint density at radius 1 is 0.935 bits per heavy atom. The zero-order chi connectivity index (χ0) is 21.8. The molecule has 0 saturated carbocycles. The number of esters is 1. The molecule has 6 nitrogen and oxygen atoms in total. The van der Waals surface area contributed by atoms with Gasteiger partial charge in [-0.3, -0.25) is 4.79 Å². The molecule has 0 aromatic heterocycles. The van der Waals surface area contributed by atoms with Crippen LogP contribution in [0.4, 0.5) is 0 Å². The fraction of sp³-hybridized carbons (Fsp3) is 0.120. The van der Waals surface area contributed by atoms with Gasteiger partial charge in [-0.15, -0.1) is 0 Å². The van der Waals surface area contributed by atoms with Gasteiger partial charge in [0, 0.05) is 6.07 Å². The van der Waals surface area contributed by atoms with Crippen LogP contribution in [0.3, 0.4) is 0 Å². The molecular formula is C25H20O6. The van der Waals surface area contributed by atoms with Crippen LogP contribution in [0.25, 0.3) is 6.08 Å². The maximum Gasteiger partial charge on any atom is 0.343 e. The van der Waals surface area contributed by atoms with Crippen LogP contribution < -0.4 is 18.9 Å². The molecule has 6 heteroatoms. The Morgan fingerprint density at radius 3 is 2.29 bits per heavy atom. The van der Waals surface area contributed by atoms with Crippen molar-refractivity contribution in [1.82, 2.24) is 0 Å². The second-order valence-corrected chi connectivity index (χ2v) is 6.72. The van der Waals surface area contributed by atoms with Crippen LogP contribution in [0.15, 0.2) is 72.5 Å². The third-order valence-corrected chi connectivity index (χ3v) is 4.67. The summed E-state index contributed by atoms with van der Waals surface area (Å²) in [4.78, 5) is 25.0. The van der Waals surface area contributed by atoms with E-state index >= 15 is 0 Å². The third kappa shape index (κ3) is 4.43. The van der Waals surface area contributed by atoms with Crippen LogP contribution in [0.2, 0.25) is 0 Å². The molecule has 0 bridgehead atoms. The SMILES string of the molecule is CCOc1ccc(C=C2Oc3cc(OC(=O)c4ccc(OC)cc4)ccc3C2=O)cc1. The van der Waals surface area contributed by atoms with Crippen molar-refractivity contribution in [3.63, 3.8) is 0 Å². The summed E-state index contributed by atoms with van der Waals surface area (Å²) in [5.74, 6) is 1.51. The fourth-order valence-electron chi connectivity index (χ4n) is 3.10. The number of hydrogen-bond acceptors (Lipinski definition) is 6. The standard InChI is InChI=1S/C25H20O6/c1-3-29-19-8-4-16(5-9-19)14-23-24(26)21-13-12-20(15-22(21)31-23)30-25(27)17-6-10-18(28-2)11-7-17/h4-15H,3H2,1-2H3. The maximum atomic E-state index is 12.6. The monoisotopic (exact) mass is 416 g/mol. The highest BCUT2D eigenvalue weighted by Gasteiger charge is 2.28. The summed E-state index contributed by atoms with van der Waals surface area (Å²) in [5.41, 5.74) is 1.61. The predicted molar refractivity (Wildman–Crippen MR) is 115 cm³/mol. The Hall–Kier alpha value is -4.06. The van der Waals surface area contributed by atoms with Gasteiger partial charge in [0.1, 0.15) is 23.0 Å². The van der Waals surface area contributed by atoms with Crippen LogP contribution in [-0.4, -0.2) is 25.5 Å². The van der Waals surface area contributed by atoms with Gasteiger partial charge in [-0.2, -0.15) is 0 Å². The lowest BCUT2D eigenvalue weighted by molar-refractivity contribution is 0.0734. The molecule has 0 spiro atoms. The summed E-state index contributed by atoms with van der Waals surface area (Å²) in [7, 11) is 1.55. The van der Waals surface area contributed by atoms with E-state index < -0.39 is 5.97 Å². The summed E-state index contributed by atoms with van der Waals surface area (Å²) < 4.78 is 21.7. The van der Waals surface area contributed by atoms with Crippen molar-refractivity contribution in [2.45, 2.75) is 6.92 Å². The van der Waals surface area contributed by atoms with E-state index in [0.717, 1.165) is 11.3 Å². The van der Waals surface area contributed by atoms with E-state index in [9.17, 15) is 9.59 Å². The van der Waals surface area contributed by atoms with Crippen molar-refractivity contribution in [2.24, 2.45) is 0 Å². The minimum absolute atomic E-state index is 0.206. The fourth-order valence-corrected chi connectivity index (χ4v) is 3.10. The van der Waals surface area contributed by atoms with E-state index in [2.05, 4.69) is 0 Å². The zero-order valence-electron chi connectivity index (χ0n) is 17.1. The summed E-state index contributed by atoms with van der Waals surface area (Å²) in [6, 6.07) is 18.6. The van der Waals surface area contributed by atoms with Crippen LogP contribution in [0.1, 0.15) is 33.2 Å². The van der Waals surface area contributed by atoms with Crippen molar-refractivity contribution in [3.8, 4) is 23.0 Å². The molecule has 1 aliphatic heterocycles. The van der Waals surface area contributed by atoms with Crippen LogP contribution in [0.5, 0.6) is 23.0 Å². The van der Waals surface area contributed by atoms with Gasteiger partial charge in [0.15, 0.2) is 5.76 Å². The number of methoxy groups -OCH3 is 1. The second kappa shape index (κ2) is 8.75. The Bertz CT molecular complexity index is 1140. The van der Waals surface area contributed by atoms with E-state index in [1.165, 1.54) is 6.07 Å². The quantitative estimate of drug-likeness (QED) is 0.322. The Morgan fingerprint density at radius 2 is 1.61 bits per heavy atom. The molecule has 0 amide bonds. The van der Waals surface area contributed by atoms with Gasteiger partial charge in [0.25, 0.3) is 0 Å². The predicted octanol–water partition coefficient (Wildman–Crippen LogP) is 4.93. The van der Waals surface area contributed by atoms with E-state index in [4.69, 9.17) is 18.9 Å². The van der Waals surface area contributed by atoms with Gasteiger partial charge in [-0.25, -0.2) is 4.79 Å². The molecule has 1 heterocycles. The molecule has 3 aromatic rings. The van der Waals surface area contributed by atoms with Crippen LogP contribution in [0, 0.1) is 0 Å². The van der Waals surface area contributed by atoms with E-state index in [0.29, 0.717) is 29.2 Å². The minimum atomic E-state index is -0.517. The van der Waals surface area contributed by atoms with Crippen LogP contribution in [-0.2, 0) is 0 Å². The van der Waals surface area contributed by atoms with Crippen molar-refractivity contribution >= 4 is 17.8 Å². The first kappa shape index (κ1) is 20.2. The molecule has 3 aromatic carbocycles. The third-order valence-electron chi connectivity index (χ3n) is 4.67. The smallest absolute Gasteiger partial charge is 0.343 e. The number of ether oxygens (including phenoxy) is 4. The van der Waals surface area contributed by atoms with Gasteiger partial charge in [0.05, 0.1) is 24.8 Å². The molecule has 0 N–H and O–H groups in total. The lowest BCUT2D eigenvalue weighted by atomic mass is 10.1. The normalized spacial score (nSPS) is 13.5. The number of rotatable bonds is 6. The Balaban J connectivity index is 1.49. The number of carbonyl (C=O) groups excluding carboxylic acids is 2. The number of Topliss-reactive ketones (excluding diaryl/α,β-unsaturated/α-hetero) is 1. The van der Waals surface area contributed by atoms with Gasteiger partial charge >= 0.3 is 5.97 Å². The molecule has 0 aliphatic carbocycles. The maximum absolute atomic E-state index is 12.6. The largest absolute Gasteiger partial charge is 0.497 e. The Labute approximate surface area is 179 Å². The first-order chi connectivity index (χ1) is 15.1.